The number of hydrogen-bond acceptors (Lipinski definition) is 6. The number of benzene rings is 2. The summed E-state index contributed by atoms with van der Waals surface area (Å²) in [7, 11) is -3.79. The number of nitrogens with one attached hydrogen (secondary N) is 2. The normalized spacial score (nSPS) is 17.2. The number of nitrogens with zero attached hydrogens (tertiary/aromatic N) is 3. The fourth-order valence-electron chi connectivity index (χ4n) is 4.28. The summed E-state index contributed by atoms with van der Waals surface area (Å²) in [6.07, 6.45) is 9.34. The second-order valence-electron chi connectivity index (χ2n) is 8.67. The number of aromatic nitrogens is 3. The number of carbonyl (C=O) groups excluding carboxylic acids is 1. The zero-order valence-electron chi connectivity index (χ0n) is 19.2. The molecule has 1 aliphatic carbocycles. The first kappa shape index (κ1) is 22.9. The van der Waals surface area contributed by atoms with Crippen LogP contribution in [0.15, 0.2) is 78.2 Å². The minimum Gasteiger partial charge on any atom is -0.326 e. The van der Waals surface area contributed by atoms with Crippen LogP contribution in [0.3, 0.4) is 0 Å². The molecule has 0 saturated heterocycles. The van der Waals surface area contributed by atoms with Crippen LogP contribution in [0.25, 0.3) is 10.8 Å². The van der Waals surface area contributed by atoms with Crippen LogP contribution in [0.2, 0.25) is 0 Å². The molecule has 1 amide bonds. The minimum absolute atomic E-state index is 0.0160. The Labute approximate surface area is 203 Å². The van der Waals surface area contributed by atoms with Crippen molar-refractivity contribution in [1.29, 1.82) is 0 Å². The van der Waals surface area contributed by atoms with Gasteiger partial charge in [-0.15, -0.1) is 0 Å². The van der Waals surface area contributed by atoms with Gasteiger partial charge in [-0.1, -0.05) is 31.5 Å². The second-order valence-corrected chi connectivity index (χ2v) is 10.4. The van der Waals surface area contributed by atoms with Crippen LogP contribution >= 0.6 is 0 Å². The number of pyridine rings is 1. The molecule has 2 aromatic heterocycles. The molecule has 0 radical (unpaired) electrons. The molecule has 1 saturated carbocycles. The number of aryl methyl sites for hydroxylation is 1. The molecule has 178 valence electrons. The van der Waals surface area contributed by atoms with E-state index >= 15 is 0 Å². The molecule has 2 heterocycles. The molecule has 2 atom stereocenters. The third-order valence-electron chi connectivity index (χ3n) is 6.17. The highest BCUT2D eigenvalue weighted by atomic mass is 32.2. The summed E-state index contributed by atoms with van der Waals surface area (Å²) in [4.78, 5) is 25.1. The van der Waals surface area contributed by atoms with E-state index in [-0.39, 0.29) is 28.6 Å². The Hall–Kier alpha value is -3.85. The average Bonchev–Trinajstić information content (AvgIpc) is 3.66. The second kappa shape index (κ2) is 9.42. The summed E-state index contributed by atoms with van der Waals surface area (Å²) >= 11 is 0. The fourth-order valence-corrected chi connectivity index (χ4v) is 5.24. The lowest BCUT2D eigenvalue weighted by atomic mass is 10.0. The quantitative estimate of drug-likeness (QED) is 0.378. The van der Waals surface area contributed by atoms with Crippen LogP contribution < -0.4 is 10.0 Å². The lowest BCUT2D eigenvalue weighted by Crippen LogP contribution is -2.15. The third-order valence-corrected chi connectivity index (χ3v) is 7.51. The van der Waals surface area contributed by atoms with E-state index in [1.165, 1.54) is 18.0 Å². The summed E-state index contributed by atoms with van der Waals surface area (Å²) in [5, 5.41) is 5.22. The molecule has 1 fully saturated rings. The maximum atomic E-state index is 12.9. The van der Waals surface area contributed by atoms with Gasteiger partial charge < -0.3 is 5.32 Å². The van der Waals surface area contributed by atoms with Gasteiger partial charge in [-0.2, -0.15) is 0 Å². The van der Waals surface area contributed by atoms with E-state index in [4.69, 9.17) is 0 Å². The van der Waals surface area contributed by atoms with Crippen molar-refractivity contribution in [2.75, 3.05) is 10.0 Å². The molecular formula is C26H25N5O3S. The number of fused-ring (bicyclic) bond motifs is 1. The maximum absolute atomic E-state index is 12.9. The van der Waals surface area contributed by atoms with Gasteiger partial charge in [-0.25, -0.2) is 23.1 Å². The number of rotatable bonds is 8. The van der Waals surface area contributed by atoms with Crippen molar-refractivity contribution in [2.24, 2.45) is 5.92 Å². The van der Waals surface area contributed by atoms with Gasteiger partial charge >= 0.3 is 0 Å². The predicted octanol–water partition coefficient (Wildman–Crippen LogP) is 4.52. The van der Waals surface area contributed by atoms with E-state index < -0.39 is 10.0 Å². The van der Waals surface area contributed by atoms with Crippen molar-refractivity contribution in [2.45, 2.75) is 37.0 Å². The Morgan fingerprint density at radius 2 is 1.83 bits per heavy atom. The van der Waals surface area contributed by atoms with Gasteiger partial charge in [-0.05, 0) is 65.6 Å². The molecular weight excluding hydrogens is 462 g/mol. The highest BCUT2D eigenvalue weighted by Gasteiger charge is 2.44. The van der Waals surface area contributed by atoms with Crippen molar-refractivity contribution in [3.8, 4) is 0 Å². The molecule has 0 bridgehead atoms. The molecule has 35 heavy (non-hydrogen) atoms. The van der Waals surface area contributed by atoms with Crippen LogP contribution in [0.1, 0.15) is 36.8 Å². The van der Waals surface area contributed by atoms with Gasteiger partial charge in [0.1, 0.15) is 0 Å². The highest BCUT2D eigenvalue weighted by Crippen LogP contribution is 2.48. The molecule has 1 aliphatic rings. The SMILES string of the molecule is CCCc1cncc2ccc(NC(=O)[C@@H]3CC3c3ccc(S(=O)(=O)Nc4ncccn4)cc3)cc12. The van der Waals surface area contributed by atoms with Crippen LogP contribution in [-0.4, -0.2) is 29.3 Å². The fraction of sp³-hybridized carbons (Fsp3) is 0.231. The van der Waals surface area contributed by atoms with Crippen LogP contribution in [0.4, 0.5) is 11.6 Å². The number of sulfonamides is 1. The smallest absolute Gasteiger partial charge is 0.264 e. The molecule has 4 aromatic rings. The van der Waals surface area contributed by atoms with E-state index in [1.54, 1.807) is 30.3 Å². The summed E-state index contributed by atoms with van der Waals surface area (Å²) in [6, 6.07) is 14.1. The van der Waals surface area contributed by atoms with Crippen molar-refractivity contribution in [1.82, 2.24) is 15.0 Å². The molecule has 2 N–H and O–H groups in total. The van der Waals surface area contributed by atoms with Gasteiger partial charge in [0.2, 0.25) is 11.9 Å². The number of amides is 1. The summed E-state index contributed by atoms with van der Waals surface area (Å²) in [5.41, 5.74) is 2.89. The monoisotopic (exact) mass is 487 g/mol. The first-order valence-corrected chi connectivity index (χ1v) is 13.0. The van der Waals surface area contributed by atoms with Gasteiger partial charge in [0.25, 0.3) is 10.0 Å². The Kier molecular flexibility index (Phi) is 6.17. The van der Waals surface area contributed by atoms with Crippen molar-refractivity contribution in [3.05, 3.63) is 84.4 Å². The van der Waals surface area contributed by atoms with Crippen molar-refractivity contribution < 1.29 is 13.2 Å². The van der Waals surface area contributed by atoms with E-state index in [0.717, 1.165) is 41.3 Å². The van der Waals surface area contributed by atoms with Gasteiger partial charge in [0, 0.05) is 41.8 Å². The van der Waals surface area contributed by atoms with E-state index in [2.05, 4.69) is 31.9 Å². The predicted molar refractivity (Wildman–Crippen MR) is 134 cm³/mol. The zero-order valence-corrected chi connectivity index (χ0v) is 20.0. The van der Waals surface area contributed by atoms with Crippen LogP contribution in [0.5, 0.6) is 0 Å². The molecule has 0 spiro atoms. The highest BCUT2D eigenvalue weighted by molar-refractivity contribution is 7.92. The van der Waals surface area contributed by atoms with Crippen LogP contribution in [0, 0.1) is 5.92 Å². The Balaban J connectivity index is 1.25. The van der Waals surface area contributed by atoms with E-state index in [0.29, 0.717) is 0 Å². The first-order chi connectivity index (χ1) is 16.9. The third kappa shape index (κ3) is 5.00. The number of hydrogen-bond donors (Lipinski definition) is 2. The molecule has 5 rings (SSSR count). The van der Waals surface area contributed by atoms with Crippen molar-refractivity contribution >= 4 is 38.3 Å². The summed E-state index contributed by atoms with van der Waals surface area (Å²) in [5.74, 6) is -0.0867. The van der Waals surface area contributed by atoms with Gasteiger partial charge in [0.05, 0.1) is 4.90 Å². The molecule has 1 unspecified atom stereocenters. The zero-order chi connectivity index (χ0) is 24.4. The summed E-state index contributed by atoms with van der Waals surface area (Å²) < 4.78 is 27.5. The van der Waals surface area contributed by atoms with E-state index in [1.807, 2.05) is 30.6 Å². The molecule has 8 nitrogen and oxygen atoms in total. The Bertz CT molecular complexity index is 1470. The Morgan fingerprint density at radius 3 is 2.57 bits per heavy atom. The topological polar surface area (TPSA) is 114 Å². The molecule has 0 aliphatic heterocycles. The minimum atomic E-state index is -3.79. The van der Waals surface area contributed by atoms with Gasteiger partial charge in [-0.3, -0.25) is 9.78 Å². The standard InChI is InChI=1S/C26H25N5O3S/c1-2-4-18-15-27-16-19-5-8-20(13-22(18)19)30-25(32)24-14-23(24)17-6-9-21(10-7-17)35(33,34)31-26-28-11-3-12-29-26/h3,5-13,15-16,23-24H,2,4,14H2,1H3,(H,30,32)(H,28,29,31)/t23?,24-/m1/s1. The first-order valence-electron chi connectivity index (χ1n) is 11.5. The van der Waals surface area contributed by atoms with E-state index in [9.17, 15) is 13.2 Å². The van der Waals surface area contributed by atoms with Crippen molar-refractivity contribution in [3.63, 3.8) is 0 Å². The largest absolute Gasteiger partial charge is 0.326 e. The molecule has 2 aromatic carbocycles. The number of anilines is 2. The molecule has 9 heteroatoms. The Morgan fingerprint density at radius 1 is 1.06 bits per heavy atom. The number of carbonyl (C=O) groups is 1. The average molecular weight is 488 g/mol. The summed E-state index contributed by atoms with van der Waals surface area (Å²) in [6.45, 7) is 2.13. The lowest BCUT2D eigenvalue weighted by Gasteiger charge is -2.10. The van der Waals surface area contributed by atoms with Gasteiger partial charge in [0.15, 0.2) is 0 Å². The van der Waals surface area contributed by atoms with Crippen LogP contribution in [-0.2, 0) is 21.2 Å². The maximum Gasteiger partial charge on any atom is 0.264 e. The lowest BCUT2D eigenvalue weighted by molar-refractivity contribution is -0.117.